The van der Waals surface area contributed by atoms with Crippen LogP contribution in [0.3, 0.4) is 0 Å². The van der Waals surface area contributed by atoms with E-state index < -0.39 is 46.5 Å². The summed E-state index contributed by atoms with van der Waals surface area (Å²) < 4.78 is 93.3. The van der Waals surface area contributed by atoms with Crippen molar-refractivity contribution in [3.05, 3.63) is 65.0 Å². The average molecular weight is 472 g/mol. The van der Waals surface area contributed by atoms with E-state index in [2.05, 4.69) is 16.4 Å². The molecule has 2 aromatic carbocycles. The zero-order valence-electron chi connectivity index (χ0n) is 18.4. The Kier molecular flexibility index (Phi) is 7.97. The maximum atomic E-state index is 14.5. The first-order valence-electron chi connectivity index (χ1n) is 10.9. The number of halogens is 6. The molecule has 0 atom stereocenters. The van der Waals surface area contributed by atoms with Crippen molar-refractivity contribution in [2.75, 3.05) is 7.11 Å². The van der Waals surface area contributed by atoms with Gasteiger partial charge >= 0.3 is 6.11 Å². The highest BCUT2D eigenvalue weighted by Gasteiger charge is 2.43. The molecule has 1 aliphatic carbocycles. The summed E-state index contributed by atoms with van der Waals surface area (Å²) in [6.07, 6.45) is 1.69. The van der Waals surface area contributed by atoms with E-state index in [1.807, 2.05) is 0 Å². The van der Waals surface area contributed by atoms with Crippen LogP contribution in [0.15, 0.2) is 42.2 Å². The van der Waals surface area contributed by atoms with Crippen molar-refractivity contribution in [1.29, 1.82) is 0 Å². The van der Waals surface area contributed by atoms with Crippen LogP contribution in [0.2, 0.25) is 0 Å². The molecule has 0 N–H and O–H groups in total. The van der Waals surface area contributed by atoms with Crippen LogP contribution in [-0.2, 0) is 0 Å². The highest BCUT2D eigenvalue weighted by atomic mass is 19.3. The van der Waals surface area contributed by atoms with Crippen LogP contribution in [0.4, 0.5) is 26.3 Å². The summed E-state index contributed by atoms with van der Waals surface area (Å²) in [6.45, 7) is 2.16. The number of methoxy groups -OCH3 is 1. The number of ether oxygens (including phenoxy) is 2. The molecule has 0 radical (unpaired) electrons. The average Bonchev–Trinajstić information content (AvgIpc) is 2.82. The Morgan fingerprint density at radius 1 is 0.909 bits per heavy atom. The Balaban J connectivity index is 1.74. The van der Waals surface area contributed by atoms with Crippen LogP contribution in [0, 0.1) is 17.6 Å². The Morgan fingerprint density at radius 2 is 1.48 bits per heavy atom. The second-order valence-corrected chi connectivity index (χ2v) is 8.27. The Bertz CT molecular complexity index is 979. The van der Waals surface area contributed by atoms with Gasteiger partial charge in [-0.2, -0.15) is 22.0 Å². The van der Waals surface area contributed by atoms with E-state index in [1.165, 1.54) is 18.6 Å². The van der Waals surface area contributed by atoms with Gasteiger partial charge in [-0.15, -0.1) is 0 Å². The zero-order chi connectivity index (χ0) is 24.2. The Labute approximate surface area is 189 Å². The van der Waals surface area contributed by atoms with Gasteiger partial charge in [-0.3, -0.25) is 0 Å². The van der Waals surface area contributed by atoms with Crippen molar-refractivity contribution in [3.63, 3.8) is 0 Å². The van der Waals surface area contributed by atoms with Crippen LogP contribution in [0.5, 0.6) is 11.5 Å². The van der Waals surface area contributed by atoms with Gasteiger partial charge in [-0.05, 0) is 55.2 Å². The SMILES string of the molecule is CCCC1CCC(c2ccc(C(F)=C(F)C(F)(F)Oc3ccc(OC)c(F)c3F)cc2)CC1. The van der Waals surface area contributed by atoms with Crippen LogP contribution in [-0.4, -0.2) is 13.2 Å². The van der Waals surface area contributed by atoms with Gasteiger partial charge in [0.2, 0.25) is 17.5 Å². The lowest BCUT2D eigenvalue weighted by molar-refractivity contribution is -0.158. The molecule has 3 rings (SSSR count). The van der Waals surface area contributed by atoms with E-state index in [9.17, 15) is 26.3 Å². The molecule has 0 unspecified atom stereocenters. The third-order valence-electron chi connectivity index (χ3n) is 6.10. The summed E-state index contributed by atoms with van der Waals surface area (Å²) in [5, 5.41) is 0. The second-order valence-electron chi connectivity index (χ2n) is 8.27. The van der Waals surface area contributed by atoms with Crippen LogP contribution in [0.1, 0.15) is 62.5 Å². The normalized spacial score (nSPS) is 19.8. The van der Waals surface area contributed by atoms with E-state index in [4.69, 9.17) is 0 Å². The third kappa shape index (κ3) is 5.65. The molecule has 180 valence electrons. The minimum absolute atomic E-state index is 0.293. The molecule has 2 nitrogen and oxygen atoms in total. The predicted octanol–water partition coefficient (Wildman–Crippen LogP) is 8.33. The summed E-state index contributed by atoms with van der Waals surface area (Å²) in [7, 11) is 1.05. The molecule has 0 saturated heterocycles. The fourth-order valence-corrected chi connectivity index (χ4v) is 4.28. The minimum atomic E-state index is -4.86. The van der Waals surface area contributed by atoms with Crippen LogP contribution in [0.25, 0.3) is 5.83 Å². The van der Waals surface area contributed by atoms with Crippen LogP contribution >= 0.6 is 0 Å². The molecule has 0 aromatic heterocycles. The van der Waals surface area contributed by atoms with E-state index in [0.29, 0.717) is 17.9 Å². The van der Waals surface area contributed by atoms with Gasteiger partial charge in [0.05, 0.1) is 7.11 Å². The van der Waals surface area contributed by atoms with E-state index >= 15 is 0 Å². The molecule has 1 saturated carbocycles. The van der Waals surface area contributed by atoms with E-state index in [-0.39, 0.29) is 0 Å². The summed E-state index contributed by atoms with van der Waals surface area (Å²) in [5.41, 5.74) is 0.543. The van der Waals surface area contributed by atoms with Crippen molar-refractivity contribution in [2.24, 2.45) is 5.92 Å². The lowest BCUT2D eigenvalue weighted by Gasteiger charge is -2.28. The number of alkyl halides is 2. The second kappa shape index (κ2) is 10.5. The topological polar surface area (TPSA) is 18.5 Å². The van der Waals surface area contributed by atoms with Crippen molar-refractivity contribution < 1.29 is 35.8 Å². The summed E-state index contributed by atoms with van der Waals surface area (Å²) in [6, 6.07) is 7.13. The largest absolute Gasteiger partial charge is 0.494 e. The molecule has 0 aliphatic heterocycles. The molecular formula is C25H26F6O2. The van der Waals surface area contributed by atoms with Crippen molar-refractivity contribution >= 4 is 5.83 Å². The fraction of sp³-hybridized carbons (Fsp3) is 0.440. The zero-order valence-corrected chi connectivity index (χ0v) is 18.4. The molecular weight excluding hydrogens is 446 g/mol. The monoisotopic (exact) mass is 472 g/mol. The lowest BCUT2D eigenvalue weighted by atomic mass is 9.77. The summed E-state index contributed by atoms with van der Waals surface area (Å²) >= 11 is 0. The number of hydrogen-bond donors (Lipinski definition) is 0. The first-order valence-corrected chi connectivity index (χ1v) is 10.9. The molecule has 1 aliphatic rings. The number of benzene rings is 2. The van der Waals surface area contributed by atoms with Gasteiger partial charge < -0.3 is 9.47 Å². The van der Waals surface area contributed by atoms with Gasteiger partial charge in [0.15, 0.2) is 17.3 Å². The number of rotatable bonds is 8. The third-order valence-corrected chi connectivity index (χ3v) is 6.10. The molecule has 33 heavy (non-hydrogen) atoms. The maximum absolute atomic E-state index is 14.5. The van der Waals surface area contributed by atoms with Gasteiger partial charge in [0.1, 0.15) is 0 Å². The quantitative estimate of drug-likeness (QED) is 0.360. The minimum Gasteiger partial charge on any atom is -0.494 e. The predicted molar refractivity (Wildman–Crippen MR) is 114 cm³/mol. The standard InChI is InChI=1S/C25H26F6O2/c1-3-4-15-5-7-16(8-6-15)17-9-11-18(12-10-17)21(26)24(29)25(30,31)33-20-14-13-19(32-2)22(27)23(20)28/h9-16H,3-8H2,1-2H3. The van der Waals surface area contributed by atoms with Gasteiger partial charge in [0.25, 0.3) is 0 Å². The highest BCUT2D eigenvalue weighted by molar-refractivity contribution is 5.62. The van der Waals surface area contributed by atoms with Gasteiger partial charge in [0, 0.05) is 5.56 Å². The molecule has 0 spiro atoms. The first kappa shape index (κ1) is 25.0. The molecule has 1 fully saturated rings. The van der Waals surface area contributed by atoms with Crippen LogP contribution < -0.4 is 9.47 Å². The van der Waals surface area contributed by atoms with Gasteiger partial charge in [-0.25, -0.2) is 4.39 Å². The first-order chi connectivity index (χ1) is 15.7. The summed E-state index contributed by atoms with van der Waals surface area (Å²) in [4.78, 5) is 0. The molecule has 0 amide bonds. The summed E-state index contributed by atoms with van der Waals surface area (Å²) in [5.74, 6) is -8.60. The molecule has 0 bridgehead atoms. The highest BCUT2D eigenvalue weighted by Crippen LogP contribution is 2.40. The van der Waals surface area contributed by atoms with E-state index in [0.717, 1.165) is 50.8 Å². The number of hydrogen-bond acceptors (Lipinski definition) is 2. The maximum Gasteiger partial charge on any atom is 0.457 e. The fourth-order valence-electron chi connectivity index (χ4n) is 4.28. The lowest BCUT2D eigenvalue weighted by Crippen LogP contribution is -2.27. The van der Waals surface area contributed by atoms with Crippen molar-refractivity contribution in [2.45, 2.75) is 57.5 Å². The Morgan fingerprint density at radius 3 is 2.06 bits per heavy atom. The van der Waals surface area contributed by atoms with E-state index in [1.54, 1.807) is 12.1 Å². The molecule has 0 heterocycles. The van der Waals surface area contributed by atoms with Crippen molar-refractivity contribution in [1.82, 2.24) is 0 Å². The molecule has 8 heteroatoms. The smallest absolute Gasteiger partial charge is 0.457 e. The van der Waals surface area contributed by atoms with Gasteiger partial charge in [-0.1, -0.05) is 44.0 Å². The Hall–Kier alpha value is -2.64. The van der Waals surface area contributed by atoms with Crippen molar-refractivity contribution in [3.8, 4) is 11.5 Å². The molecule has 2 aromatic rings.